The molecule has 4 aromatic rings. The highest BCUT2D eigenvalue weighted by atomic mass is 35.5. The molecule has 0 saturated carbocycles. The Kier molecular flexibility index (Phi) is 6.21. The van der Waals surface area contributed by atoms with E-state index in [2.05, 4.69) is 20.0 Å². The van der Waals surface area contributed by atoms with Crippen LogP contribution in [-0.4, -0.2) is 48.5 Å². The molecule has 9 nitrogen and oxygen atoms in total. The zero-order valence-electron chi connectivity index (χ0n) is 16.7. The van der Waals surface area contributed by atoms with Crippen LogP contribution in [-0.2, 0) is 10.0 Å². The van der Waals surface area contributed by atoms with E-state index in [0.717, 1.165) is 12.1 Å². The van der Waals surface area contributed by atoms with Crippen LogP contribution in [0.2, 0.25) is 5.02 Å². The summed E-state index contributed by atoms with van der Waals surface area (Å²) in [5, 5.41) is 13.0. The Morgan fingerprint density at radius 2 is 1.94 bits per heavy atom. The first-order valence-electron chi connectivity index (χ1n) is 9.32. The highest BCUT2D eigenvalue weighted by molar-refractivity contribution is 7.89. The second-order valence-electron chi connectivity index (χ2n) is 6.49. The topological polar surface area (TPSA) is 108 Å². The van der Waals surface area contributed by atoms with Gasteiger partial charge in [0.15, 0.2) is 11.5 Å². The Balaban J connectivity index is 1.46. The molecule has 0 saturated heterocycles. The van der Waals surface area contributed by atoms with E-state index in [0.29, 0.717) is 22.1 Å². The van der Waals surface area contributed by atoms with E-state index in [9.17, 15) is 12.8 Å². The second-order valence-corrected chi connectivity index (χ2v) is 8.63. The molecule has 0 spiro atoms. The molecular weight excluding hydrogens is 461 g/mol. The van der Waals surface area contributed by atoms with Crippen molar-refractivity contribution < 1.29 is 22.3 Å². The molecule has 0 amide bonds. The van der Waals surface area contributed by atoms with Crippen LogP contribution in [0.25, 0.3) is 17.0 Å². The summed E-state index contributed by atoms with van der Waals surface area (Å²) in [5.74, 6) is 0.0120. The summed E-state index contributed by atoms with van der Waals surface area (Å²) in [6.45, 7) is -0.111. The molecule has 0 unspecified atom stereocenters. The highest BCUT2D eigenvalue weighted by Crippen LogP contribution is 2.26. The number of rotatable bonds is 8. The number of fused-ring (bicyclic) bond motifs is 1. The van der Waals surface area contributed by atoms with Gasteiger partial charge in [-0.15, -0.1) is 15.3 Å². The van der Waals surface area contributed by atoms with E-state index >= 15 is 0 Å². The maximum absolute atomic E-state index is 13.5. The third-order valence-electron chi connectivity index (χ3n) is 4.41. The number of benzene rings is 2. The first-order valence-corrected chi connectivity index (χ1v) is 11.2. The number of aromatic nitrogens is 4. The van der Waals surface area contributed by atoms with Crippen LogP contribution >= 0.6 is 11.6 Å². The summed E-state index contributed by atoms with van der Waals surface area (Å²) in [6, 6.07) is 13.7. The molecule has 0 atom stereocenters. The minimum absolute atomic E-state index is 0.0288. The maximum atomic E-state index is 13.5. The normalized spacial score (nSPS) is 11.6. The van der Waals surface area contributed by atoms with Gasteiger partial charge >= 0.3 is 0 Å². The van der Waals surface area contributed by atoms with Crippen molar-refractivity contribution in [2.45, 2.75) is 4.90 Å². The van der Waals surface area contributed by atoms with Crippen LogP contribution in [0, 0.1) is 5.82 Å². The van der Waals surface area contributed by atoms with E-state index in [1.807, 2.05) is 6.07 Å². The van der Waals surface area contributed by atoms with Gasteiger partial charge in [-0.3, -0.25) is 0 Å². The molecule has 0 aliphatic heterocycles. The molecule has 0 bridgehead atoms. The zero-order valence-corrected chi connectivity index (χ0v) is 18.3. The number of halogens is 2. The lowest BCUT2D eigenvalue weighted by atomic mass is 10.2. The Hall–Kier alpha value is -3.28. The molecule has 166 valence electrons. The van der Waals surface area contributed by atoms with Crippen LogP contribution in [0.3, 0.4) is 0 Å². The Bertz CT molecular complexity index is 1380. The number of ether oxygens (including phenoxy) is 2. The van der Waals surface area contributed by atoms with Gasteiger partial charge in [-0.2, -0.15) is 4.52 Å². The molecule has 0 aliphatic rings. The summed E-state index contributed by atoms with van der Waals surface area (Å²) in [7, 11) is -2.70. The summed E-state index contributed by atoms with van der Waals surface area (Å²) in [5.41, 5.74) is 1.15. The fourth-order valence-corrected chi connectivity index (χ4v) is 4.34. The quantitative estimate of drug-likeness (QED) is 0.389. The highest BCUT2D eigenvalue weighted by Gasteiger charge is 2.20. The number of hydrogen-bond donors (Lipinski definition) is 1. The van der Waals surface area contributed by atoms with Crippen molar-refractivity contribution in [1.82, 2.24) is 24.5 Å². The van der Waals surface area contributed by atoms with Gasteiger partial charge in [-0.05, 0) is 36.4 Å². The molecule has 1 N–H and O–H groups in total. The van der Waals surface area contributed by atoms with Crippen molar-refractivity contribution in [3.05, 3.63) is 65.4 Å². The lowest BCUT2D eigenvalue weighted by Crippen LogP contribution is -2.28. The van der Waals surface area contributed by atoms with Crippen LogP contribution in [0.15, 0.2) is 59.5 Å². The summed E-state index contributed by atoms with van der Waals surface area (Å²) >= 11 is 6.25. The predicted molar refractivity (Wildman–Crippen MR) is 115 cm³/mol. The van der Waals surface area contributed by atoms with Crippen molar-refractivity contribution in [3.63, 3.8) is 0 Å². The number of sulfonamides is 1. The van der Waals surface area contributed by atoms with E-state index in [1.165, 1.54) is 17.7 Å². The molecule has 4 rings (SSSR count). The molecular formula is C20H17ClFN5O4S. The summed E-state index contributed by atoms with van der Waals surface area (Å²) < 4.78 is 52.9. The molecule has 32 heavy (non-hydrogen) atoms. The van der Waals surface area contributed by atoms with Gasteiger partial charge in [-0.1, -0.05) is 23.7 Å². The number of nitrogens with zero attached hydrogens (tertiary/aromatic N) is 4. The van der Waals surface area contributed by atoms with Gasteiger partial charge in [0.05, 0.1) is 12.1 Å². The first-order chi connectivity index (χ1) is 15.4. The van der Waals surface area contributed by atoms with Crippen molar-refractivity contribution in [2.24, 2.45) is 0 Å². The average Bonchev–Trinajstić information content (AvgIpc) is 3.20. The number of hydrogen-bond acceptors (Lipinski definition) is 7. The number of methoxy groups -OCH3 is 1. The third-order valence-corrected chi connectivity index (χ3v) is 6.22. The van der Waals surface area contributed by atoms with E-state index in [1.54, 1.807) is 30.3 Å². The molecule has 2 aromatic heterocycles. The summed E-state index contributed by atoms with van der Waals surface area (Å²) in [6.07, 6.45) is 0. The van der Waals surface area contributed by atoms with Crippen molar-refractivity contribution >= 4 is 27.3 Å². The van der Waals surface area contributed by atoms with Crippen LogP contribution < -0.4 is 14.2 Å². The van der Waals surface area contributed by atoms with E-state index < -0.39 is 15.8 Å². The third kappa shape index (κ3) is 4.49. The van der Waals surface area contributed by atoms with Gasteiger partial charge < -0.3 is 9.47 Å². The first kappa shape index (κ1) is 21.9. The number of nitrogens with one attached hydrogen (secondary N) is 1. The maximum Gasteiger partial charge on any atom is 0.244 e. The van der Waals surface area contributed by atoms with Crippen molar-refractivity contribution in [1.29, 1.82) is 0 Å². The monoisotopic (exact) mass is 477 g/mol. The zero-order chi connectivity index (χ0) is 22.7. The average molecular weight is 478 g/mol. The lowest BCUT2D eigenvalue weighted by molar-refractivity contribution is 0.305. The fraction of sp³-hybridized carbons (Fsp3) is 0.150. The Morgan fingerprint density at radius 1 is 1.12 bits per heavy atom. The van der Waals surface area contributed by atoms with Crippen LogP contribution in [0.4, 0.5) is 4.39 Å². The van der Waals surface area contributed by atoms with Crippen molar-refractivity contribution in [2.75, 3.05) is 20.3 Å². The van der Waals surface area contributed by atoms with Crippen LogP contribution in [0.1, 0.15) is 0 Å². The molecule has 0 aliphatic carbocycles. The molecule has 2 aromatic carbocycles. The minimum atomic E-state index is -4.01. The second kappa shape index (κ2) is 9.07. The van der Waals surface area contributed by atoms with Gasteiger partial charge in [0, 0.05) is 18.2 Å². The summed E-state index contributed by atoms with van der Waals surface area (Å²) in [4.78, 5) is -0.298. The Morgan fingerprint density at radius 3 is 2.72 bits per heavy atom. The van der Waals surface area contributed by atoms with Crippen molar-refractivity contribution in [3.8, 4) is 23.0 Å². The van der Waals surface area contributed by atoms with Gasteiger partial charge in [-0.25, -0.2) is 17.5 Å². The molecule has 0 radical (unpaired) electrons. The minimum Gasteiger partial charge on any atom is -0.495 e. The van der Waals surface area contributed by atoms with Gasteiger partial charge in [0.25, 0.3) is 0 Å². The van der Waals surface area contributed by atoms with Gasteiger partial charge in [0.2, 0.25) is 15.9 Å². The SMILES string of the molecule is COc1ccc(F)cc1S(=O)(=O)NCCOc1ccc2nnc(-c3ccccc3Cl)n2n1. The van der Waals surface area contributed by atoms with E-state index in [-0.39, 0.29) is 29.7 Å². The molecule has 0 fully saturated rings. The fourth-order valence-electron chi connectivity index (χ4n) is 2.93. The Labute approximate surface area is 187 Å². The largest absolute Gasteiger partial charge is 0.495 e. The smallest absolute Gasteiger partial charge is 0.244 e. The lowest BCUT2D eigenvalue weighted by Gasteiger charge is -2.11. The predicted octanol–water partition coefficient (Wildman–Crippen LogP) is 2.95. The van der Waals surface area contributed by atoms with E-state index in [4.69, 9.17) is 21.1 Å². The molecule has 2 heterocycles. The molecule has 12 heteroatoms. The standard InChI is InChI=1S/C20H17ClFN5O4S/c1-30-16-7-6-13(22)12-17(16)32(28,29)23-10-11-31-19-9-8-18-24-25-20(27(18)26-19)14-4-2-3-5-15(14)21/h2-9,12,23H,10-11H2,1H3. The van der Waals surface area contributed by atoms with Gasteiger partial charge in [0.1, 0.15) is 23.1 Å². The van der Waals surface area contributed by atoms with Crippen LogP contribution in [0.5, 0.6) is 11.6 Å².